The van der Waals surface area contributed by atoms with Crippen molar-refractivity contribution in [3.05, 3.63) is 36.2 Å². The van der Waals surface area contributed by atoms with Gasteiger partial charge in [-0.2, -0.15) is 0 Å². The first-order valence-electron chi connectivity index (χ1n) is 12.3. The fourth-order valence-corrected chi connectivity index (χ4v) is 6.15. The number of ketones is 1. The molecule has 1 N–H and O–H groups in total. The maximum Gasteiger partial charge on any atom is 0.306 e. The van der Waals surface area contributed by atoms with E-state index in [2.05, 4.69) is 21.8 Å². The molecule has 2 unspecified atom stereocenters. The van der Waals surface area contributed by atoms with Gasteiger partial charge in [0.15, 0.2) is 11.6 Å². The third-order valence-corrected chi connectivity index (χ3v) is 8.25. The van der Waals surface area contributed by atoms with E-state index in [9.17, 15) is 14.7 Å². The van der Waals surface area contributed by atoms with Crippen LogP contribution in [0.5, 0.6) is 0 Å². The molecule has 0 bridgehead atoms. The van der Waals surface area contributed by atoms with E-state index < -0.39 is 5.97 Å². The lowest BCUT2D eigenvalue weighted by Gasteiger charge is -2.36. The molecule has 2 atom stereocenters. The zero-order valence-electron chi connectivity index (χ0n) is 20.6. The summed E-state index contributed by atoms with van der Waals surface area (Å²) in [6.45, 7) is 6.40. The Labute approximate surface area is 211 Å². The number of nitrogens with zero attached hydrogens (tertiary/aromatic N) is 4. The predicted molar refractivity (Wildman–Crippen MR) is 135 cm³/mol. The number of hydrogen-bond donors (Lipinski definition) is 1. The van der Waals surface area contributed by atoms with E-state index in [1.165, 1.54) is 0 Å². The molecule has 0 radical (unpaired) electrons. The lowest BCUT2D eigenvalue weighted by atomic mass is 9.78. The number of ether oxygens (including phenoxy) is 1. The quantitative estimate of drug-likeness (QED) is 0.467. The van der Waals surface area contributed by atoms with Gasteiger partial charge in [0, 0.05) is 30.0 Å². The summed E-state index contributed by atoms with van der Waals surface area (Å²) in [7, 11) is 1.64. The van der Waals surface area contributed by atoms with Crippen LogP contribution in [0.1, 0.15) is 49.9 Å². The van der Waals surface area contributed by atoms with Crippen LogP contribution in [-0.2, 0) is 9.53 Å². The number of piperidine rings is 1. The molecule has 9 heteroatoms. The minimum atomic E-state index is -0.713. The SMILES string of the molecule is CCC(CC(C)C(=O)O)C1CCN(CC(=O)c2ccc3c(c2)N(COC)c2nccnc2S3)CC1. The first-order valence-corrected chi connectivity index (χ1v) is 13.1. The molecule has 188 valence electrons. The van der Waals surface area contributed by atoms with Crippen molar-refractivity contribution in [1.29, 1.82) is 0 Å². The van der Waals surface area contributed by atoms with Gasteiger partial charge in [-0.05, 0) is 56.3 Å². The second-order valence-electron chi connectivity index (χ2n) is 9.50. The average Bonchev–Trinajstić information content (AvgIpc) is 2.87. The minimum Gasteiger partial charge on any atom is -0.481 e. The molecule has 2 aliphatic heterocycles. The highest BCUT2D eigenvalue weighted by atomic mass is 32.2. The van der Waals surface area contributed by atoms with Crippen LogP contribution in [0.3, 0.4) is 0 Å². The lowest BCUT2D eigenvalue weighted by Crippen LogP contribution is -2.39. The van der Waals surface area contributed by atoms with Gasteiger partial charge in [-0.1, -0.05) is 38.1 Å². The molecule has 1 aromatic carbocycles. The van der Waals surface area contributed by atoms with Crippen molar-refractivity contribution >= 4 is 35.0 Å². The highest BCUT2D eigenvalue weighted by molar-refractivity contribution is 7.99. The summed E-state index contributed by atoms with van der Waals surface area (Å²) < 4.78 is 5.42. The molecule has 4 rings (SSSR count). The van der Waals surface area contributed by atoms with Crippen LogP contribution in [0.4, 0.5) is 11.5 Å². The third-order valence-electron chi connectivity index (χ3n) is 7.21. The summed E-state index contributed by atoms with van der Waals surface area (Å²) in [5.74, 6) is 0.769. The van der Waals surface area contributed by atoms with Gasteiger partial charge in [0.1, 0.15) is 11.8 Å². The summed E-state index contributed by atoms with van der Waals surface area (Å²) in [5, 5.41) is 10.1. The van der Waals surface area contributed by atoms with Crippen LogP contribution >= 0.6 is 11.8 Å². The number of likely N-dealkylation sites (tertiary alicyclic amines) is 1. The summed E-state index contributed by atoms with van der Waals surface area (Å²) in [6.07, 6.45) is 7.09. The first kappa shape index (κ1) is 25.6. The van der Waals surface area contributed by atoms with Crippen molar-refractivity contribution in [3.8, 4) is 0 Å². The molecule has 8 nitrogen and oxygen atoms in total. The number of benzene rings is 1. The number of Topliss-reactive ketones (excluding diaryl/α,β-unsaturated/α-hetero) is 1. The van der Waals surface area contributed by atoms with Gasteiger partial charge in [-0.15, -0.1) is 0 Å². The van der Waals surface area contributed by atoms with Crippen LogP contribution in [0.15, 0.2) is 40.5 Å². The molecular formula is C26H34N4O4S. The van der Waals surface area contributed by atoms with Crippen LogP contribution in [-0.4, -0.2) is 65.2 Å². The van der Waals surface area contributed by atoms with Crippen molar-refractivity contribution in [1.82, 2.24) is 14.9 Å². The number of carboxylic acids is 1. The molecule has 1 saturated heterocycles. The Kier molecular flexibility index (Phi) is 8.41. The number of carbonyl (C=O) groups is 2. The Morgan fingerprint density at radius 3 is 2.66 bits per heavy atom. The maximum absolute atomic E-state index is 13.2. The summed E-state index contributed by atoms with van der Waals surface area (Å²) in [4.78, 5) is 38.6. The Balaban J connectivity index is 1.39. The summed E-state index contributed by atoms with van der Waals surface area (Å²) in [6, 6.07) is 5.82. The van der Waals surface area contributed by atoms with E-state index in [0.29, 0.717) is 30.7 Å². The predicted octanol–water partition coefficient (Wildman–Crippen LogP) is 4.71. The second-order valence-corrected chi connectivity index (χ2v) is 10.5. The van der Waals surface area contributed by atoms with E-state index in [1.54, 1.807) is 38.2 Å². The smallest absolute Gasteiger partial charge is 0.306 e. The average molecular weight is 499 g/mol. The highest BCUT2D eigenvalue weighted by Crippen LogP contribution is 2.46. The number of anilines is 2. The highest BCUT2D eigenvalue weighted by Gasteiger charge is 2.30. The third kappa shape index (κ3) is 5.85. The van der Waals surface area contributed by atoms with Crippen molar-refractivity contribution in [3.63, 3.8) is 0 Å². The van der Waals surface area contributed by atoms with Gasteiger partial charge >= 0.3 is 5.97 Å². The van der Waals surface area contributed by atoms with Gasteiger partial charge in [-0.3, -0.25) is 19.4 Å². The van der Waals surface area contributed by atoms with Gasteiger partial charge in [-0.25, -0.2) is 9.97 Å². The number of rotatable bonds is 10. The van der Waals surface area contributed by atoms with Crippen molar-refractivity contribution < 1.29 is 19.4 Å². The molecule has 2 aliphatic rings. The topological polar surface area (TPSA) is 95.9 Å². The van der Waals surface area contributed by atoms with E-state index in [1.807, 2.05) is 23.1 Å². The van der Waals surface area contributed by atoms with E-state index in [0.717, 1.165) is 60.2 Å². The fourth-order valence-electron chi connectivity index (χ4n) is 5.17. The Morgan fingerprint density at radius 2 is 1.97 bits per heavy atom. The molecule has 0 saturated carbocycles. The van der Waals surface area contributed by atoms with E-state index in [4.69, 9.17) is 4.74 Å². The Morgan fingerprint density at radius 1 is 1.23 bits per heavy atom. The second kappa shape index (κ2) is 11.5. The number of carbonyl (C=O) groups excluding carboxylic acids is 1. The number of carboxylic acid groups (broad SMARTS) is 1. The van der Waals surface area contributed by atoms with E-state index >= 15 is 0 Å². The van der Waals surface area contributed by atoms with Crippen molar-refractivity contribution in [2.75, 3.05) is 38.4 Å². The van der Waals surface area contributed by atoms with Gasteiger partial charge in [0.05, 0.1) is 18.2 Å². The first-order chi connectivity index (χ1) is 16.9. The molecule has 0 aliphatic carbocycles. The van der Waals surface area contributed by atoms with Gasteiger partial charge < -0.3 is 9.84 Å². The summed E-state index contributed by atoms with van der Waals surface area (Å²) >= 11 is 1.55. The molecular weight excluding hydrogens is 464 g/mol. The van der Waals surface area contributed by atoms with Crippen LogP contribution in [0, 0.1) is 17.8 Å². The molecule has 35 heavy (non-hydrogen) atoms. The van der Waals surface area contributed by atoms with Crippen molar-refractivity contribution in [2.45, 2.75) is 49.5 Å². The minimum absolute atomic E-state index is 0.102. The largest absolute Gasteiger partial charge is 0.481 e. The van der Waals surface area contributed by atoms with Crippen molar-refractivity contribution in [2.24, 2.45) is 17.8 Å². The van der Waals surface area contributed by atoms with E-state index in [-0.39, 0.29) is 11.7 Å². The fraction of sp³-hybridized carbons (Fsp3) is 0.538. The Hall–Kier alpha value is -2.49. The standard InChI is InChI=1S/C26H34N4O4S/c1-4-18(13-17(2)26(32)33)19-7-11-29(12-8-19)15-22(31)20-5-6-23-21(14-20)30(16-34-3)24-25(35-23)28-10-9-27-24/h5-6,9-10,14,17-19H,4,7-8,11-13,15-16H2,1-3H3,(H,32,33). The normalized spacial score (nSPS) is 18.0. The Bertz CT molecular complexity index is 1060. The lowest BCUT2D eigenvalue weighted by molar-refractivity contribution is -0.141. The maximum atomic E-state index is 13.2. The van der Waals surface area contributed by atoms with Crippen LogP contribution in [0.25, 0.3) is 0 Å². The van der Waals surface area contributed by atoms with Gasteiger partial charge in [0.2, 0.25) is 0 Å². The van der Waals surface area contributed by atoms with Crippen LogP contribution in [0.2, 0.25) is 0 Å². The molecule has 0 spiro atoms. The number of aliphatic carboxylic acids is 1. The zero-order valence-corrected chi connectivity index (χ0v) is 21.5. The molecule has 3 heterocycles. The number of methoxy groups -OCH3 is 1. The molecule has 1 fully saturated rings. The molecule has 0 amide bonds. The number of fused-ring (bicyclic) bond motifs is 2. The summed E-state index contributed by atoms with van der Waals surface area (Å²) in [5.41, 5.74) is 1.59. The number of hydrogen-bond acceptors (Lipinski definition) is 8. The number of aromatic nitrogens is 2. The monoisotopic (exact) mass is 498 g/mol. The van der Waals surface area contributed by atoms with Crippen LogP contribution < -0.4 is 4.90 Å². The molecule has 1 aromatic heterocycles. The van der Waals surface area contributed by atoms with Gasteiger partial charge in [0.25, 0.3) is 0 Å². The zero-order chi connectivity index (χ0) is 24.9. The molecule has 2 aromatic rings.